The van der Waals surface area contributed by atoms with E-state index in [1.54, 1.807) is 40.3 Å². The highest BCUT2D eigenvalue weighted by atomic mass is 19.1. The van der Waals surface area contributed by atoms with E-state index in [1.807, 2.05) is 26.0 Å². The van der Waals surface area contributed by atoms with Crippen LogP contribution in [0.15, 0.2) is 55.6 Å². The molecule has 8 nitrogen and oxygen atoms in total. The maximum absolute atomic E-state index is 14.3. The summed E-state index contributed by atoms with van der Waals surface area (Å²) in [5.41, 5.74) is 1.98. The molecule has 3 atom stereocenters. The summed E-state index contributed by atoms with van der Waals surface area (Å²) >= 11 is 0. The molecule has 3 aromatic rings. The highest BCUT2D eigenvalue weighted by Gasteiger charge is 2.38. The van der Waals surface area contributed by atoms with Gasteiger partial charge < -0.3 is 14.6 Å². The number of allylic oxidation sites excluding steroid dienone is 1. The Kier molecular flexibility index (Phi) is 6.39. The minimum Gasteiger partial charge on any atom is -0.447 e. The lowest BCUT2D eigenvalue weighted by molar-refractivity contribution is 0.176. The molecule has 1 aliphatic rings. The van der Waals surface area contributed by atoms with Crippen LogP contribution in [0.5, 0.6) is 0 Å². The molecule has 1 aromatic carbocycles. The maximum atomic E-state index is 14.3. The summed E-state index contributed by atoms with van der Waals surface area (Å²) in [7, 11) is 0. The van der Waals surface area contributed by atoms with Crippen molar-refractivity contribution in [1.82, 2.24) is 19.5 Å². The van der Waals surface area contributed by atoms with Gasteiger partial charge in [-0.2, -0.15) is 4.98 Å². The monoisotopic (exact) mass is 450 g/mol. The zero-order chi connectivity index (χ0) is 23.5. The van der Waals surface area contributed by atoms with E-state index in [2.05, 4.69) is 33.8 Å². The molecule has 0 saturated carbocycles. The molecule has 2 aromatic heterocycles. The minimum absolute atomic E-state index is 0.129. The standard InChI is InChI=1S/C24H27FN6O2/c1-5-6-16(3)21-13-33-24(32)31(21)22-9-10-26-23(29-22)28-17(4)19-12-30(14-27-19)20-8-7-15(2)11-18(20)25/h5,7-12,14,16-17,21H,1,6,13H2,2-4H3,(H,26,28,29)/t16-,17+,21-/m1/s1. The van der Waals surface area contributed by atoms with Gasteiger partial charge >= 0.3 is 6.09 Å². The molecule has 1 N–H and O–H groups in total. The fourth-order valence-electron chi connectivity index (χ4n) is 3.87. The number of cyclic esters (lactones) is 1. The minimum atomic E-state index is -0.424. The first kappa shape index (κ1) is 22.4. The number of nitrogens with zero attached hydrogens (tertiary/aromatic N) is 5. The number of rotatable bonds is 8. The number of aryl methyl sites for hydroxylation is 1. The number of ether oxygens (including phenoxy) is 1. The van der Waals surface area contributed by atoms with E-state index in [1.165, 1.54) is 6.07 Å². The Bertz CT molecular complexity index is 1160. The molecule has 0 unspecified atom stereocenters. The van der Waals surface area contributed by atoms with Gasteiger partial charge in [-0.05, 0) is 49.9 Å². The highest BCUT2D eigenvalue weighted by Crippen LogP contribution is 2.28. The fourth-order valence-corrected chi connectivity index (χ4v) is 3.87. The van der Waals surface area contributed by atoms with Gasteiger partial charge in [0, 0.05) is 12.4 Å². The summed E-state index contributed by atoms with van der Waals surface area (Å²) in [6.07, 6.45) is 7.10. The van der Waals surface area contributed by atoms with Crippen LogP contribution >= 0.6 is 0 Å². The van der Waals surface area contributed by atoms with Gasteiger partial charge in [0.1, 0.15) is 18.2 Å². The first-order valence-corrected chi connectivity index (χ1v) is 10.8. The molecule has 33 heavy (non-hydrogen) atoms. The molecule has 3 heterocycles. The summed E-state index contributed by atoms with van der Waals surface area (Å²) in [6, 6.07) is 6.37. The van der Waals surface area contributed by atoms with Gasteiger partial charge in [0.2, 0.25) is 5.95 Å². The Morgan fingerprint density at radius 2 is 2.15 bits per heavy atom. The number of halogens is 1. The van der Waals surface area contributed by atoms with Crippen molar-refractivity contribution in [1.29, 1.82) is 0 Å². The summed E-state index contributed by atoms with van der Waals surface area (Å²) in [5, 5.41) is 3.21. The van der Waals surface area contributed by atoms with E-state index in [4.69, 9.17) is 4.74 Å². The van der Waals surface area contributed by atoms with Crippen LogP contribution in [-0.4, -0.2) is 38.3 Å². The highest BCUT2D eigenvalue weighted by molar-refractivity contribution is 5.89. The average Bonchev–Trinajstić information content (AvgIpc) is 3.41. The van der Waals surface area contributed by atoms with Crippen LogP contribution in [0.3, 0.4) is 0 Å². The van der Waals surface area contributed by atoms with Crippen molar-refractivity contribution in [2.75, 3.05) is 16.8 Å². The normalized spacial score (nSPS) is 17.5. The second kappa shape index (κ2) is 9.40. The number of amides is 1. The van der Waals surface area contributed by atoms with Crippen molar-refractivity contribution >= 4 is 17.9 Å². The van der Waals surface area contributed by atoms with Gasteiger partial charge in [-0.25, -0.2) is 19.2 Å². The number of benzene rings is 1. The van der Waals surface area contributed by atoms with Gasteiger partial charge in [-0.3, -0.25) is 4.90 Å². The number of aromatic nitrogens is 4. The smallest absolute Gasteiger partial charge is 0.415 e. The molecule has 0 bridgehead atoms. The van der Waals surface area contributed by atoms with Crippen LogP contribution in [0.4, 0.5) is 21.0 Å². The van der Waals surface area contributed by atoms with E-state index in [0.717, 1.165) is 12.0 Å². The third-order valence-electron chi connectivity index (χ3n) is 5.76. The quantitative estimate of drug-likeness (QED) is 0.495. The van der Waals surface area contributed by atoms with Gasteiger partial charge in [-0.15, -0.1) is 6.58 Å². The predicted molar refractivity (Wildman–Crippen MR) is 124 cm³/mol. The van der Waals surface area contributed by atoms with Crippen molar-refractivity contribution in [2.45, 2.75) is 39.3 Å². The van der Waals surface area contributed by atoms with Crippen LogP contribution in [0.1, 0.15) is 37.6 Å². The molecule has 172 valence electrons. The Hall–Kier alpha value is -3.75. The lowest BCUT2D eigenvalue weighted by Crippen LogP contribution is -2.38. The molecule has 9 heteroatoms. The third-order valence-corrected chi connectivity index (χ3v) is 5.76. The summed E-state index contributed by atoms with van der Waals surface area (Å²) < 4.78 is 21.2. The van der Waals surface area contributed by atoms with Crippen molar-refractivity contribution in [3.63, 3.8) is 0 Å². The van der Waals surface area contributed by atoms with E-state index in [-0.39, 0.29) is 23.8 Å². The van der Waals surface area contributed by atoms with Crippen LogP contribution in [0.25, 0.3) is 5.69 Å². The molecule has 0 aliphatic carbocycles. The molecule has 1 saturated heterocycles. The van der Waals surface area contributed by atoms with Crippen LogP contribution < -0.4 is 10.2 Å². The van der Waals surface area contributed by atoms with Crippen molar-refractivity contribution < 1.29 is 13.9 Å². The number of nitrogens with one attached hydrogen (secondary N) is 1. The lowest BCUT2D eigenvalue weighted by Gasteiger charge is -2.25. The largest absolute Gasteiger partial charge is 0.447 e. The second-order valence-corrected chi connectivity index (χ2v) is 8.28. The van der Waals surface area contributed by atoms with Crippen molar-refractivity contribution in [3.8, 4) is 5.69 Å². The SMILES string of the molecule is C=CC[C@@H](C)[C@H]1COC(=O)N1c1ccnc(N[C@@H](C)c2cn(-c3ccc(C)cc3F)cn2)n1. The molecule has 4 rings (SSSR count). The number of carbonyl (C=O) groups excluding carboxylic acids is 1. The summed E-state index contributed by atoms with van der Waals surface area (Å²) in [4.78, 5) is 27.2. The fraction of sp³-hybridized carbons (Fsp3) is 0.333. The zero-order valence-electron chi connectivity index (χ0n) is 18.9. The molecule has 1 amide bonds. The average molecular weight is 451 g/mol. The zero-order valence-corrected chi connectivity index (χ0v) is 18.9. The van der Waals surface area contributed by atoms with Gasteiger partial charge in [0.25, 0.3) is 0 Å². The summed E-state index contributed by atoms with van der Waals surface area (Å²) in [6.45, 7) is 9.90. The topological polar surface area (TPSA) is 85.2 Å². The lowest BCUT2D eigenvalue weighted by atomic mass is 9.98. The molecule has 1 fully saturated rings. The number of carbonyl (C=O) groups is 1. The number of hydrogen-bond donors (Lipinski definition) is 1. The second-order valence-electron chi connectivity index (χ2n) is 8.28. The summed E-state index contributed by atoms with van der Waals surface area (Å²) in [5.74, 6) is 0.681. The van der Waals surface area contributed by atoms with E-state index in [9.17, 15) is 9.18 Å². The van der Waals surface area contributed by atoms with E-state index >= 15 is 0 Å². The van der Waals surface area contributed by atoms with Crippen LogP contribution in [0, 0.1) is 18.7 Å². The Balaban J connectivity index is 1.51. The number of anilines is 2. The van der Waals surface area contributed by atoms with E-state index in [0.29, 0.717) is 29.8 Å². The Labute approximate surface area is 192 Å². The first-order valence-electron chi connectivity index (χ1n) is 10.8. The third kappa shape index (κ3) is 4.72. The molecule has 1 aliphatic heterocycles. The number of imidazole rings is 1. The molecule has 0 radical (unpaired) electrons. The van der Waals surface area contributed by atoms with Crippen LogP contribution in [0.2, 0.25) is 0 Å². The predicted octanol–water partition coefficient (Wildman–Crippen LogP) is 4.82. The molecular formula is C24H27FN6O2. The van der Waals surface area contributed by atoms with Crippen LogP contribution in [-0.2, 0) is 4.74 Å². The van der Waals surface area contributed by atoms with E-state index < -0.39 is 6.09 Å². The van der Waals surface area contributed by atoms with Crippen molar-refractivity contribution in [3.05, 3.63) is 72.7 Å². The first-order chi connectivity index (χ1) is 15.9. The Morgan fingerprint density at radius 1 is 1.33 bits per heavy atom. The van der Waals surface area contributed by atoms with Gasteiger partial charge in [0.05, 0.1) is 29.8 Å². The van der Waals surface area contributed by atoms with Gasteiger partial charge in [0.15, 0.2) is 0 Å². The Morgan fingerprint density at radius 3 is 2.91 bits per heavy atom. The molecule has 0 spiro atoms. The molecular weight excluding hydrogens is 423 g/mol. The maximum Gasteiger partial charge on any atom is 0.415 e. The van der Waals surface area contributed by atoms with Gasteiger partial charge in [-0.1, -0.05) is 19.1 Å². The van der Waals surface area contributed by atoms with Crippen molar-refractivity contribution in [2.24, 2.45) is 5.92 Å². The number of hydrogen-bond acceptors (Lipinski definition) is 6.